The number of carbonyl (C=O) groups is 1. The third kappa shape index (κ3) is 4.32. The maximum Gasteiger partial charge on any atom is 0.435 e. The minimum Gasteiger partial charge on any atom is -0.361 e. The van der Waals surface area contributed by atoms with Gasteiger partial charge in [-0.2, -0.15) is 18.3 Å². The zero-order valence-electron chi connectivity index (χ0n) is 15.3. The van der Waals surface area contributed by atoms with Crippen molar-refractivity contribution in [3.05, 3.63) is 53.5 Å². The van der Waals surface area contributed by atoms with E-state index in [1.54, 1.807) is 4.90 Å². The zero-order chi connectivity index (χ0) is 19.8. The predicted octanol–water partition coefficient (Wildman–Crippen LogP) is 4.60. The van der Waals surface area contributed by atoms with Gasteiger partial charge in [-0.1, -0.05) is 32.9 Å². The highest BCUT2D eigenvalue weighted by Gasteiger charge is 2.35. The third-order valence-corrected chi connectivity index (χ3v) is 4.10. The van der Waals surface area contributed by atoms with Gasteiger partial charge in [0.1, 0.15) is 5.69 Å². The first-order valence-electron chi connectivity index (χ1n) is 8.51. The second kappa shape index (κ2) is 6.75. The van der Waals surface area contributed by atoms with Crippen molar-refractivity contribution in [3.8, 4) is 0 Å². The van der Waals surface area contributed by atoms with Crippen LogP contribution < -0.4 is 0 Å². The van der Waals surface area contributed by atoms with E-state index in [1.165, 1.54) is 0 Å². The smallest absolute Gasteiger partial charge is 0.361 e. The molecule has 1 amide bonds. The number of fused-ring (bicyclic) bond motifs is 1. The molecule has 0 spiro atoms. The number of amides is 1. The molecule has 0 radical (unpaired) electrons. The highest BCUT2D eigenvalue weighted by molar-refractivity contribution is 5.93. The fourth-order valence-electron chi connectivity index (χ4n) is 3.01. The van der Waals surface area contributed by atoms with Gasteiger partial charge in [0.25, 0.3) is 5.91 Å². The van der Waals surface area contributed by atoms with Crippen LogP contribution in [0.4, 0.5) is 13.2 Å². The zero-order valence-corrected chi connectivity index (χ0v) is 15.3. The van der Waals surface area contributed by atoms with Gasteiger partial charge in [0, 0.05) is 36.3 Å². The van der Waals surface area contributed by atoms with Crippen LogP contribution in [-0.4, -0.2) is 32.5 Å². The van der Waals surface area contributed by atoms with E-state index in [9.17, 15) is 18.0 Å². The second-order valence-electron chi connectivity index (χ2n) is 7.74. The van der Waals surface area contributed by atoms with Crippen LogP contribution in [0.1, 0.15) is 42.5 Å². The Kier molecular flexibility index (Phi) is 4.75. The van der Waals surface area contributed by atoms with Gasteiger partial charge in [-0.05, 0) is 23.1 Å². The van der Waals surface area contributed by atoms with E-state index in [2.05, 4.69) is 15.2 Å². The molecule has 0 saturated carbocycles. The molecule has 144 valence electrons. The van der Waals surface area contributed by atoms with E-state index >= 15 is 0 Å². The van der Waals surface area contributed by atoms with Gasteiger partial charge < -0.3 is 9.88 Å². The summed E-state index contributed by atoms with van der Waals surface area (Å²) in [5.41, 5.74) is 0.356. The first kappa shape index (κ1) is 19.0. The predicted molar refractivity (Wildman–Crippen MR) is 96.1 cm³/mol. The summed E-state index contributed by atoms with van der Waals surface area (Å²) in [6.45, 7) is 6.58. The Morgan fingerprint density at radius 3 is 2.56 bits per heavy atom. The molecule has 3 aromatic rings. The number of hydrogen-bond donors (Lipinski definition) is 2. The highest BCUT2D eigenvalue weighted by Crippen LogP contribution is 2.29. The molecular weight excluding hydrogens is 357 g/mol. The Hall–Kier alpha value is -2.77. The molecule has 1 aromatic carbocycles. The molecule has 0 aliphatic rings. The minimum absolute atomic E-state index is 0.173. The monoisotopic (exact) mass is 378 g/mol. The van der Waals surface area contributed by atoms with Gasteiger partial charge in [-0.15, -0.1) is 0 Å². The number of halogens is 3. The summed E-state index contributed by atoms with van der Waals surface area (Å²) in [6.07, 6.45) is -2.78. The highest BCUT2D eigenvalue weighted by atomic mass is 19.4. The molecule has 0 saturated heterocycles. The third-order valence-electron chi connectivity index (χ3n) is 4.10. The number of benzene rings is 1. The van der Waals surface area contributed by atoms with E-state index in [0.29, 0.717) is 6.54 Å². The summed E-state index contributed by atoms with van der Waals surface area (Å²) < 4.78 is 38.4. The van der Waals surface area contributed by atoms with Crippen molar-refractivity contribution in [1.29, 1.82) is 0 Å². The molecule has 2 aromatic heterocycles. The van der Waals surface area contributed by atoms with E-state index < -0.39 is 17.8 Å². The summed E-state index contributed by atoms with van der Waals surface area (Å²) in [4.78, 5) is 17.6. The minimum atomic E-state index is -4.60. The van der Waals surface area contributed by atoms with Gasteiger partial charge in [-0.25, -0.2) is 0 Å². The van der Waals surface area contributed by atoms with E-state index in [0.717, 1.165) is 22.5 Å². The SMILES string of the molecule is CC(C)(C)CN(Cc1cccc2[nH]ccc12)C(=O)c1cc(C(F)(F)F)n[nH]1. The van der Waals surface area contributed by atoms with Gasteiger partial charge in [0.15, 0.2) is 5.69 Å². The Bertz CT molecular complexity index is 950. The summed E-state index contributed by atoms with van der Waals surface area (Å²) >= 11 is 0. The number of rotatable bonds is 4. The molecule has 3 rings (SSSR count). The van der Waals surface area contributed by atoms with Crippen LogP contribution in [0.2, 0.25) is 0 Å². The first-order chi connectivity index (χ1) is 12.5. The molecule has 2 N–H and O–H groups in total. The standard InChI is InChI=1S/C19H21F3N4O/c1-18(2,3)11-26(10-12-5-4-6-14-13(12)7-8-23-14)17(27)15-9-16(25-24-15)19(20,21)22/h4-9,23H,10-11H2,1-3H3,(H,24,25). The maximum absolute atomic E-state index is 12.9. The summed E-state index contributed by atoms with van der Waals surface area (Å²) in [5.74, 6) is -0.513. The molecule has 0 unspecified atom stereocenters. The normalized spacial score (nSPS) is 12.5. The largest absolute Gasteiger partial charge is 0.435 e. The van der Waals surface area contributed by atoms with E-state index in [4.69, 9.17) is 0 Å². The average Bonchev–Trinajstić information content (AvgIpc) is 3.21. The molecule has 0 bridgehead atoms. The van der Waals surface area contributed by atoms with Gasteiger partial charge in [0.2, 0.25) is 0 Å². The fourth-order valence-corrected chi connectivity index (χ4v) is 3.01. The van der Waals surface area contributed by atoms with Crippen molar-refractivity contribution in [1.82, 2.24) is 20.1 Å². The van der Waals surface area contributed by atoms with Crippen LogP contribution in [0, 0.1) is 5.41 Å². The second-order valence-corrected chi connectivity index (χ2v) is 7.74. The van der Waals surface area contributed by atoms with E-state index in [1.807, 2.05) is 51.2 Å². The van der Waals surface area contributed by atoms with Crippen molar-refractivity contribution in [3.63, 3.8) is 0 Å². The summed E-state index contributed by atoms with van der Waals surface area (Å²) in [5, 5.41) is 6.44. The Balaban J connectivity index is 1.92. The van der Waals surface area contributed by atoms with Gasteiger partial charge in [0.05, 0.1) is 0 Å². The lowest BCUT2D eigenvalue weighted by atomic mass is 9.95. The first-order valence-corrected chi connectivity index (χ1v) is 8.51. The number of hydrogen-bond acceptors (Lipinski definition) is 2. The Labute approximate surface area is 154 Å². The lowest BCUT2D eigenvalue weighted by Gasteiger charge is -2.30. The van der Waals surface area contributed by atoms with E-state index in [-0.39, 0.29) is 17.7 Å². The summed E-state index contributed by atoms with van der Waals surface area (Å²) in [7, 11) is 0. The number of aromatic nitrogens is 3. The van der Waals surface area contributed by atoms with Crippen molar-refractivity contribution in [2.75, 3.05) is 6.54 Å². The Morgan fingerprint density at radius 1 is 1.19 bits per heavy atom. The van der Waals surface area contributed by atoms with Crippen LogP contribution >= 0.6 is 0 Å². The quantitative estimate of drug-likeness (QED) is 0.697. The Morgan fingerprint density at radius 2 is 1.93 bits per heavy atom. The topological polar surface area (TPSA) is 64.8 Å². The number of alkyl halides is 3. The lowest BCUT2D eigenvalue weighted by Crippen LogP contribution is -2.37. The fraction of sp³-hybridized carbons (Fsp3) is 0.368. The van der Waals surface area contributed by atoms with Crippen LogP contribution in [0.3, 0.4) is 0 Å². The molecule has 2 heterocycles. The van der Waals surface area contributed by atoms with Crippen molar-refractivity contribution in [2.24, 2.45) is 5.41 Å². The molecule has 0 aliphatic heterocycles. The molecule has 0 atom stereocenters. The summed E-state index contributed by atoms with van der Waals surface area (Å²) in [6, 6.07) is 8.40. The molecule has 0 fully saturated rings. The number of carbonyl (C=O) groups excluding carboxylic acids is 1. The number of H-pyrrole nitrogens is 2. The van der Waals surface area contributed by atoms with Gasteiger partial charge >= 0.3 is 6.18 Å². The lowest BCUT2D eigenvalue weighted by molar-refractivity contribution is -0.141. The van der Waals surface area contributed by atoms with Crippen molar-refractivity contribution < 1.29 is 18.0 Å². The molecular formula is C19H21F3N4O. The van der Waals surface area contributed by atoms with Crippen molar-refractivity contribution in [2.45, 2.75) is 33.5 Å². The number of nitrogens with one attached hydrogen (secondary N) is 2. The van der Waals surface area contributed by atoms with Crippen LogP contribution in [-0.2, 0) is 12.7 Å². The van der Waals surface area contributed by atoms with Gasteiger partial charge in [-0.3, -0.25) is 9.89 Å². The molecule has 8 heteroatoms. The van der Waals surface area contributed by atoms with Crippen LogP contribution in [0.25, 0.3) is 10.9 Å². The molecule has 27 heavy (non-hydrogen) atoms. The maximum atomic E-state index is 12.9. The molecule has 0 aliphatic carbocycles. The van der Waals surface area contributed by atoms with Crippen molar-refractivity contribution >= 4 is 16.8 Å². The number of aromatic amines is 2. The molecule has 5 nitrogen and oxygen atoms in total. The van der Waals surface area contributed by atoms with Crippen LogP contribution in [0.5, 0.6) is 0 Å². The number of nitrogens with zero attached hydrogens (tertiary/aromatic N) is 2. The average molecular weight is 378 g/mol. The van der Waals surface area contributed by atoms with Crippen LogP contribution in [0.15, 0.2) is 36.5 Å².